The van der Waals surface area contributed by atoms with Gasteiger partial charge in [0.1, 0.15) is 6.61 Å². The molecule has 0 aliphatic rings. The van der Waals surface area contributed by atoms with Crippen LogP contribution in [0.3, 0.4) is 0 Å². The molecule has 1 unspecified atom stereocenters. The highest BCUT2D eigenvalue weighted by Gasteiger charge is 2.10. The zero-order chi connectivity index (χ0) is 12.7. The molecule has 0 aliphatic heterocycles. The molecular formula is C13H18ClNO2. The van der Waals surface area contributed by atoms with Crippen LogP contribution in [0, 0.1) is 0 Å². The Hall–Kier alpha value is -1.06. The Balaban J connectivity index is 2.36. The van der Waals surface area contributed by atoms with Crippen LogP contribution in [-0.2, 0) is 16.1 Å². The summed E-state index contributed by atoms with van der Waals surface area (Å²) in [7, 11) is 0. The Labute approximate surface area is 107 Å². The van der Waals surface area contributed by atoms with Crippen molar-refractivity contribution in [1.29, 1.82) is 0 Å². The molecule has 0 radical (unpaired) electrons. The van der Waals surface area contributed by atoms with E-state index in [1.54, 1.807) is 6.07 Å². The lowest BCUT2D eigenvalue weighted by Crippen LogP contribution is -2.24. The number of carbonyl (C=O) groups excluding carboxylic acids is 1. The van der Waals surface area contributed by atoms with Crippen molar-refractivity contribution in [1.82, 2.24) is 0 Å². The standard InChI is InChI=1S/C13H18ClNO2/c1-2-5-11(15)8-13(16)17-9-10-6-3-4-7-12(10)14/h3-4,6-7,11H,2,5,8-9,15H2,1H3. The van der Waals surface area contributed by atoms with Crippen molar-refractivity contribution in [3.63, 3.8) is 0 Å². The maximum absolute atomic E-state index is 11.5. The fraction of sp³-hybridized carbons (Fsp3) is 0.462. The van der Waals surface area contributed by atoms with Gasteiger partial charge in [-0.1, -0.05) is 43.1 Å². The fourth-order valence-electron chi connectivity index (χ4n) is 1.52. The van der Waals surface area contributed by atoms with E-state index in [1.165, 1.54) is 0 Å². The van der Waals surface area contributed by atoms with Crippen molar-refractivity contribution in [2.24, 2.45) is 5.73 Å². The van der Waals surface area contributed by atoms with Gasteiger partial charge in [-0.25, -0.2) is 0 Å². The second-order valence-electron chi connectivity index (χ2n) is 4.00. The Kier molecular flexibility index (Phi) is 6.01. The number of hydrogen-bond acceptors (Lipinski definition) is 3. The molecule has 0 spiro atoms. The minimum atomic E-state index is -0.272. The van der Waals surface area contributed by atoms with Crippen LogP contribution >= 0.6 is 11.6 Å². The van der Waals surface area contributed by atoms with Gasteiger partial charge in [0.25, 0.3) is 0 Å². The third kappa shape index (κ3) is 5.20. The number of carbonyl (C=O) groups is 1. The maximum atomic E-state index is 11.5. The van der Waals surface area contributed by atoms with Crippen molar-refractivity contribution < 1.29 is 9.53 Å². The van der Waals surface area contributed by atoms with E-state index in [-0.39, 0.29) is 25.0 Å². The normalized spacial score (nSPS) is 12.2. The highest BCUT2D eigenvalue weighted by atomic mass is 35.5. The molecule has 0 aliphatic carbocycles. The summed E-state index contributed by atoms with van der Waals surface area (Å²) in [5.41, 5.74) is 6.57. The number of nitrogens with two attached hydrogens (primary N) is 1. The topological polar surface area (TPSA) is 52.3 Å². The minimum Gasteiger partial charge on any atom is -0.461 e. The summed E-state index contributed by atoms with van der Waals surface area (Å²) in [6, 6.07) is 7.19. The minimum absolute atomic E-state index is 0.112. The van der Waals surface area contributed by atoms with Gasteiger partial charge in [-0.15, -0.1) is 0 Å². The molecule has 0 fully saturated rings. The molecule has 0 aromatic heterocycles. The van der Waals surface area contributed by atoms with E-state index in [1.807, 2.05) is 25.1 Å². The summed E-state index contributed by atoms with van der Waals surface area (Å²) in [5, 5.41) is 0.609. The molecular weight excluding hydrogens is 238 g/mol. The Morgan fingerprint density at radius 2 is 2.18 bits per heavy atom. The van der Waals surface area contributed by atoms with Crippen LogP contribution in [0.25, 0.3) is 0 Å². The molecule has 3 nitrogen and oxygen atoms in total. The predicted octanol–water partition coefficient (Wildman–Crippen LogP) is 2.90. The predicted molar refractivity (Wildman–Crippen MR) is 68.7 cm³/mol. The van der Waals surface area contributed by atoms with Crippen LogP contribution in [0.1, 0.15) is 31.7 Å². The molecule has 17 heavy (non-hydrogen) atoms. The molecule has 0 bridgehead atoms. The largest absolute Gasteiger partial charge is 0.461 e. The highest BCUT2D eigenvalue weighted by molar-refractivity contribution is 6.31. The molecule has 1 atom stereocenters. The fourth-order valence-corrected chi connectivity index (χ4v) is 1.71. The molecule has 2 N–H and O–H groups in total. The van der Waals surface area contributed by atoms with Crippen molar-refractivity contribution in [3.8, 4) is 0 Å². The first-order valence-corrected chi connectivity index (χ1v) is 6.16. The van der Waals surface area contributed by atoms with Crippen molar-refractivity contribution in [2.45, 2.75) is 38.8 Å². The first-order valence-electron chi connectivity index (χ1n) is 5.78. The van der Waals surface area contributed by atoms with Gasteiger partial charge in [0.2, 0.25) is 0 Å². The Morgan fingerprint density at radius 3 is 2.82 bits per heavy atom. The lowest BCUT2D eigenvalue weighted by atomic mass is 10.1. The van der Waals surface area contributed by atoms with E-state index >= 15 is 0 Å². The summed E-state index contributed by atoms with van der Waals surface area (Å²) in [5.74, 6) is -0.272. The number of halogens is 1. The van der Waals surface area contributed by atoms with Crippen LogP contribution in [-0.4, -0.2) is 12.0 Å². The number of hydrogen-bond donors (Lipinski definition) is 1. The first kappa shape index (κ1) is 14.0. The summed E-state index contributed by atoms with van der Waals surface area (Å²) in [6.07, 6.45) is 2.07. The van der Waals surface area contributed by atoms with Crippen LogP contribution in [0.15, 0.2) is 24.3 Å². The molecule has 0 saturated heterocycles. The molecule has 1 rings (SSSR count). The number of benzene rings is 1. The maximum Gasteiger partial charge on any atom is 0.307 e. The van der Waals surface area contributed by atoms with Gasteiger partial charge in [-0.2, -0.15) is 0 Å². The van der Waals surface area contributed by atoms with E-state index in [2.05, 4.69) is 0 Å². The average molecular weight is 256 g/mol. The smallest absolute Gasteiger partial charge is 0.307 e. The van der Waals surface area contributed by atoms with Gasteiger partial charge in [-0.05, 0) is 12.5 Å². The number of esters is 1. The highest BCUT2D eigenvalue weighted by Crippen LogP contribution is 2.16. The van der Waals surface area contributed by atoms with Gasteiger partial charge in [0.15, 0.2) is 0 Å². The SMILES string of the molecule is CCCC(N)CC(=O)OCc1ccccc1Cl. The third-order valence-electron chi connectivity index (χ3n) is 2.43. The quantitative estimate of drug-likeness (QED) is 0.796. The summed E-state index contributed by atoms with van der Waals surface area (Å²) in [6.45, 7) is 2.24. The second kappa shape index (κ2) is 7.30. The van der Waals surface area contributed by atoms with Gasteiger partial charge in [-0.3, -0.25) is 4.79 Å². The van der Waals surface area contributed by atoms with E-state index in [4.69, 9.17) is 22.1 Å². The third-order valence-corrected chi connectivity index (χ3v) is 2.80. The molecule has 0 amide bonds. The van der Waals surface area contributed by atoms with Crippen LogP contribution in [0.5, 0.6) is 0 Å². The zero-order valence-electron chi connectivity index (χ0n) is 9.99. The van der Waals surface area contributed by atoms with Gasteiger partial charge in [0, 0.05) is 16.6 Å². The molecule has 4 heteroatoms. The van der Waals surface area contributed by atoms with Crippen LogP contribution < -0.4 is 5.73 Å². The molecule has 94 valence electrons. The molecule has 1 aromatic carbocycles. The molecule has 0 heterocycles. The molecule has 0 saturated carbocycles. The number of rotatable bonds is 6. The van der Waals surface area contributed by atoms with Gasteiger partial charge < -0.3 is 10.5 Å². The van der Waals surface area contributed by atoms with Gasteiger partial charge in [0.05, 0.1) is 6.42 Å². The second-order valence-corrected chi connectivity index (χ2v) is 4.41. The van der Waals surface area contributed by atoms with Gasteiger partial charge >= 0.3 is 5.97 Å². The monoisotopic (exact) mass is 255 g/mol. The van der Waals surface area contributed by atoms with Crippen LogP contribution in [0.4, 0.5) is 0 Å². The van der Waals surface area contributed by atoms with Crippen molar-refractivity contribution >= 4 is 17.6 Å². The molecule has 1 aromatic rings. The lowest BCUT2D eigenvalue weighted by Gasteiger charge is -2.10. The van der Waals surface area contributed by atoms with Crippen molar-refractivity contribution in [2.75, 3.05) is 0 Å². The average Bonchev–Trinajstić information content (AvgIpc) is 2.28. The first-order chi connectivity index (χ1) is 8.13. The summed E-state index contributed by atoms with van der Waals surface area (Å²) in [4.78, 5) is 11.5. The van der Waals surface area contributed by atoms with Crippen LogP contribution in [0.2, 0.25) is 5.02 Å². The zero-order valence-corrected chi connectivity index (χ0v) is 10.7. The Bertz CT molecular complexity index is 368. The van der Waals surface area contributed by atoms with Crippen molar-refractivity contribution in [3.05, 3.63) is 34.9 Å². The van der Waals surface area contributed by atoms with E-state index in [0.717, 1.165) is 18.4 Å². The number of ether oxygens (including phenoxy) is 1. The Morgan fingerprint density at radius 1 is 1.47 bits per heavy atom. The van der Waals surface area contributed by atoms with E-state index < -0.39 is 0 Å². The summed E-state index contributed by atoms with van der Waals surface area (Å²) >= 11 is 5.95. The van der Waals surface area contributed by atoms with E-state index in [0.29, 0.717) is 5.02 Å². The van der Waals surface area contributed by atoms with E-state index in [9.17, 15) is 4.79 Å². The lowest BCUT2D eigenvalue weighted by molar-refractivity contribution is -0.145. The summed E-state index contributed by atoms with van der Waals surface area (Å²) < 4.78 is 5.12.